The maximum Gasteiger partial charge on any atom is 0.230 e. The van der Waals surface area contributed by atoms with Gasteiger partial charge in [-0.3, -0.25) is 9.79 Å². The normalized spacial score (nSPS) is 16.2. The largest absolute Gasteiger partial charge is 0.355 e. The fourth-order valence-electron chi connectivity index (χ4n) is 3.52. The van der Waals surface area contributed by atoms with Crippen molar-refractivity contribution in [3.63, 3.8) is 0 Å². The van der Waals surface area contributed by atoms with Crippen LogP contribution in [0, 0.1) is 5.41 Å². The molecule has 0 saturated heterocycles. The van der Waals surface area contributed by atoms with E-state index in [1.165, 1.54) is 0 Å². The first-order valence-corrected chi connectivity index (χ1v) is 10.9. The van der Waals surface area contributed by atoms with Crippen LogP contribution in [0.2, 0.25) is 0 Å². The lowest BCUT2D eigenvalue weighted by atomic mass is 9.84. The maximum atomic E-state index is 12.6. The minimum atomic E-state index is -3.34. The van der Waals surface area contributed by atoms with Crippen molar-refractivity contribution in [2.45, 2.75) is 30.6 Å². The Kier molecular flexibility index (Phi) is 9.68. The molecule has 0 radical (unpaired) electrons. The third-order valence-electron chi connectivity index (χ3n) is 5.00. The molecule has 0 spiro atoms. The van der Waals surface area contributed by atoms with E-state index in [9.17, 15) is 13.2 Å². The van der Waals surface area contributed by atoms with Crippen LogP contribution in [-0.2, 0) is 14.6 Å². The summed E-state index contributed by atoms with van der Waals surface area (Å²) in [5.41, 5.74) is -0.406. The number of hydrogen-bond acceptors (Lipinski definition) is 4. The summed E-state index contributed by atoms with van der Waals surface area (Å²) in [5, 5.41) is 6.25. The van der Waals surface area contributed by atoms with Crippen molar-refractivity contribution in [1.29, 1.82) is 0 Å². The van der Waals surface area contributed by atoms with Crippen LogP contribution in [0.4, 0.5) is 0 Å². The van der Waals surface area contributed by atoms with E-state index in [1.807, 2.05) is 0 Å². The first-order chi connectivity index (χ1) is 12.8. The van der Waals surface area contributed by atoms with Gasteiger partial charge in [0.1, 0.15) is 0 Å². The Labute approximate surface area is 185 Å². The first-order valence-electron chi connectivity index (χ1n) is 9.25. The Morgan fingerprint density at radius 3 is 2.29 bits per heavy atom. The molecule has 2 N–H and O–H groups in total. The number of rotatable bonds is 7. The summed E-state index contributed by atoms with van der Waals surface area (Å²) in [6.45, 7) is 0.737. The van der Waals surface area contributed by atoms with Crippen molar-refractivity contribution in [3.05, 3.63) is 30.3 Å². The lowest BCUT2D eigenvalue weighted by molar-refractivity contribution is -0.138. The second kappa shape index (κ2) is 11.0. The van der Waals surface area contributed by atoms with E-state index in [2.05, 4.69) is 15.6 Å². The molecule has 0 unspecified atom stereocenters. The summed E-state index contributed by atoms with van der Waals surface area (Å²) < 4.78 is 24.7. The van der Waals surface area contributed by atoms with Gasteiger partial charge in [-0.2, -0.15) is 0 Å². The van der Waals surface area contributed by atoms with Crippen LogP contribution >= 0.6 is 24.0 Å². The van der Waals surface area contributed by atoms with Gasteiger partial charge in [0.15, 0.2) is 15.8 Å². The molecule has 28 heavy (non-hydrogen) atoms. The number of carbonyl (C=O) groups is 1. The lowest BCUT2D eigenvalue weighted by Crippen LogP contribution is -2.49. The number of sulfone groups is 1. The highest BCUT2D eigenvalue weighted by atomic mass is 127. The van der Waals surface area contributed by atoms with Gasteiger partial charge < -0.3 is 15.5 Å². The average Bonchev–Trinajstić information content (AvgIpc) is 3.14. The summed E-state index contributed by atoms with van der Waals surface area (Å²) in [6.07, 6.45) is 3.80. The number of carbonyl (C=O) groups excluding carboxylic acids is 1. The molecule has 1 aliphatic carbocycles. The summed E-state index contributed by atoms with van der Waals surface area (Å²) in [4.78, 5) is 18.7. The van der Waals surface area contributed by atoms with Crippen LogP contribution in [0.1, 0.15) is 25.7 Å². The van der Waals surface area contributed by atoms with Gasteiger partial charge in [0.25, 0.3) is 0 Å². The minimum Gasteiger partial charge on any atom is -0.355 e. The van der Waals surface area contributed by atoms with Crippen molar-refractivity contribution < 1.29 is 13.2 Å². The summed E-state index contributed by atoms with van der Waals surface area (Å²) >= 11 is 0. The fourth-order valence-corrected chi connectivity index (χ4v) is 4.69. The first kappa shape index (κ1) is 24.7. The van der Waals surface area contributed by atoms with Crippen molar-refractivity contribution >= 4 is 45.7 Å². The second-order valence-electron chi connectivity index (χ2n) is 7.17. The Balaban J connectivity index is 0.00000392. The van der Waals surface area contributed by atoms with Gasteiger partial charge in [0.05, 0.1) is 16.1 Å². The number of amides is 1. The molecule has 0 atom stereocenters. The predicted octanol–water partition coefficient (Wildman–Crippen LogP) is 1.89. The van der Waals surface area contributed by atoms with Crippen molar-refractivity contribution in [2.75, 3.05) is 40.0 Å². The van der Waals surface area contributed by atoms with E-state index in [1.54, 1.807) is 56.4 Å². The summed E-state index contributed by atoms with van der Waals surface area (Å²) in [5.74, 6) is 0.616. The van der Waals surface area contributed by atoms with E-state index in [-0.39, 0.29) is 42.2 Å². The number of benzene rings is 1. The minimum absolute atomic E-state index is 0. The van der Waals surface area contributed by atoms with Crippen LogP contribution in [0.3, 0.4) is 0 Å². The molecule has 0 aromatic heterocycles. The standard InChI is InChI=1S/C19H30N4O3S.HI/c1-20-18(21-13-14-27(25,26)16-9-5-4-6-10-16)22-15-19(11-7-8-12-19)17(24)23(2)3;/h4-6,9-10H,7-8,11-15H2,1-3H3,(H2,20,21,22);1H. The number of nitrogens with zero attached hydrogens (tertiary/aromatic N) is 2. The van der Waals surface area contributed by atoms with Crippen LogP contribution in [0.25, 0.3) is 0 Å². The lowest BCUT2D eigenvalue weighted by Gasteiger charge is -2.31. The van der Waals surface area contributed by atoms with Crippen molar-refractivity contribution in [3.8, 4) is 0 Å². The van der Waals surface area contributed by atoms with E-state index in [4.69, 9.17) is 0 Å². The number of hydrogen-bond donors (Lipinski definition) is 2. The predicted molar refractivity (Wildman–Crippen MR) is 123 cm³/mol. The highest BCUT2D eigenvalue weighted by Crippen LogP contribution is 2.38. The molecule has 0 heterocycles. The molecule has 1 saturated carbocycles. The molecule has 7 nitrogen and oxygen atoms in total. The van der Waals surface area contributed by atoms with Crippen LogP contribution in [0.15, 0.2) is 40.2 Å². The van der Waals surface area contributed by atoms with Crippen LogP contribution in [-0.4, -0.2) is 65.2 Å². The molecule has 1 amide bonds. The molecule has 9 heteroatoms. The Bertz CT molecular complexity index is 761. The van der Waals surface area contributed by atoms with Crippen LogP contribution in [0.5, 0.6) is 0 Å². The molecular formula is C19H31IN4O3S. The van der Waals surface area contributed by atoms with E-state index < -0.39 is 15.3 Å². The zero-order valence-corrected chi connectivity index (χ0v) is 19.9. The molecule has 158 valence electrons. The second-order valence-corrected chi connectivity index (χ2v) is 9.28. The van der Waals surface area contributed by atoms with Gasteiger partial charge in [-0.15, -0.1) is 24.0 Å². The fraction of sp³-hybridized carbons (Fsp3) is 0.579. The molecule has 1 aromatic carbocycles. The van der Waals surface area contributed by atoms with E-state index in [0.717, 1.165) is 25.7 Å². The number of nitrogens with one attached hydrogen (secondary N) is 2. The van der Waals surface area contributed by atoms with Gasteiger partial charge in [-0.05, 0) is 25.0 Å². The van der Waals surface area contributed by atoms with E-state index in [0.29, 0.717) is 17.4 Å². The summed E-state index contributed by atoms with van der Waals surface area (Å²) in [7, 11) is 1.86. The SMILES string of the molecule is CN=C(NCCS(=O)(=O)c1ccccc1)NCC1(C(=O)N(C)C)CCCC1.I. The Hall–Kier alpha value is -1.36. The van der Waals surface area contributed by atoms with E-state index >= 15 is 0 Å². The zero-order valence-electron chi connectivity index (χ0n) is 16.8. The molecule has 1 aliphatic rings. The number of aliphatic imine (C=N–C) groups is 1. The third-order valence-corrected chi connectivity index (χ3v) is 6.74. The van der Waals surface area contributed by atoms with Gasteiger partial charge in [-0.1, -0.05) is 31.0 Å². The topological polar surface area (TPSA) is 90.9 Å². The average molecular weight is 522 g/mol. The quantitative estimate of drug-likeness (QED) is 0.325. The highest BCUT2D eigenvalue weighted by molar-refractivity contribution is 14.0. The number of halogens is 1. The van der Waals surface area contributed by atoms with Gasteiger partial charge in [0, 0.05) is 34.2 Å². The Morgan fingerprint density at radius 2 is 1.75 bits per heavy atom. The molecule has 0 aliphatic heterocycles. The smallest absolute Gasteiger partial charge is 0.230 e. The van der Waals surface area contributed by atoms with Crippen LogP contribution < -0.4 is 10.6 Å². The van der Waals surface area contributed by atoms with Crippen molar-refractivity contribution in [1.82, 2.24) is 15.5 Å². The van der Waals surface area contributed by atoms with Gasteiger partial charge >= 0.3 is 0 Å². The monoisotopic (exact) mass is 522 g/mol. The molecule has 2 rings (SSSR count). The Morgan fingerprint density at radius 1 is 1.14 bits per heavy atom. The third kappa shape index (κ3) is 6.33. The van der Waals surface area contributed by atoms with Gasteiger partial charge in [0.2, 0.25) is 5.91 Å². The maximum absolute atomic E-state index is 12.6. The number of guanidine groups is 1. The zero-order chi connectivity index (χ0) is 19.9. The molecule has 1 aromatic rings. The molecular weight excluding hydrogens is 491 g/mol. The summed E-state index contributed by atoms with van der Waals surface area (Å²) in [6, 6.07) is 8.41. The molecule has 0 bridgehead atoms. The van der Waals surface area contributed by atoms with Gasteiger partial charge in [-0.25, -0.2) is 8.42 Å². The van der Waals surface area contributed by atoms with Crippen molar-refractivity contribution in [2.24, 2.45) is 10.4 Å². The molecule has 1 fully saturated rings. The highest BCUT2D eigenvalue weighted by Gasteiger charge is 2.42.